The van der Waals surface area contributed by atoms with Gasteiger partial charge in [0.1, 0.15) is 0 Å². The van der Waals surface area contributed by atoms with E-state index in [0.29, 0.717) is 12.5 Å². The largest absolute Gasteiger partial charge is 0.332 e. The first-order valence-corrected chi connectivity index (χ1v) is 5.76. The van der Waals surface area contributed by atoms with E-state index in [0.717, 1.165) is 25.2 Å². The van der Waals surface area contributed by atoms with Crippen LogP contribution in [0.5, 0.6) is 0 Å². The number of amides is 2. The fourth-order valence-corrected chi connectivity index (χ4v) is 2.04. The highest BCUT2D eigenvalue weighted by atomic mass is 16.2. The highest BCUT2D eigenvalue weighted by molar-refractivity contribution is 5.74. The Morgan fingerprint density at radius 3 is 3.31 bits per heavy atom. The van der Waals surface area contributed by atoms with Crippen molar-refractivity contribution in [3.8, 4) is 0 Å². The van der Waals surface area contributed by atoms with Gasteiger partial charge in [-0.2, -0.15) is 5.10 Å². The lowest BCUT2D eigenvalue weighted by molar-refractivity contribution is 0.169. The molecule has 1 aromatic heterocycles. The molecule has 2 heterocycles. The zero-order chi connectivity index (χ0) is 11.4. The number of hydrogen-bond donors (Lipinski definition) is 2. The number of carbonyl (C=O) groups excluding carboxylic acids is 1. The molecule has 1 aromatic rings. The average molecular weight is 222 g/mol. The van der Waals surface area contributed by atoms with Gasteiger partial charge in [-0.3, -0.25) is 5.10 Å². The normalized spacial score (nSPS) is 20.8. The van der Waals surface area contributed by atoms with Gasteiger partial charge in [0.05, 0.1) is 12.2 Å². The van der Waals surface area contributed by atoms with Crippen molar-refractivity contribution in [3.63, 3.8) is 0 Å². The number of aromatic amines is 1. The summed E-state index contributed by atoms with van der Waals surface area (Å²) in [6.45, 7) is 4.45. The molecule has 0 aromatic carbocycles. The maximum Gasteiger partial charge on any atom is 0.317 e. The molecule has 5 nitrogen and oxygen atoms in total. The molecule has 0 spiro atoms. The van der Waals surface area contributed by atoms with Crippen molar-refractivity contribution in [2.45, 2.75) is 26.3 Å². The number of H-pyrrole nitrogens is 1. The van der Waals surface area contributed by atoms with Crippen molar-refractivity contribution in [1.29, 1.82) is 0 Å². The number of aromatic nitrogens is 2. The standard InChI is InChI=1S/C11H18N4O/c1-9-3-2-6-15(8-9)11(16)12-7-10-4-5-13-14-10/h4-5,9H,2-3,6-8H2,1H3,(H,12,16)(H,13,14). The predicted octanol–water partition coefficient (Wildman–Crippen LogP) is 1.35. The Labute approximate surface area is 95.2 Å². The van der Waals surface area contributed by atoms with Gasteiger partial charge in [-0.25, -0.2) is 4.79 Å². The molecule has 5 heteroatoms. The van der Waals surface area contributed by atoms with Gasteiger partial charge in [0.15, 0.2) is 0 Å². The van der Waals surface area contributed by atoms with Gasteiger partial charge < -0.3 is 10.2 Å². The zero-order valence-electron chi connectivity index (χ0n) is 9.57. The van der Waals surface area contributed by atoms with Gasteiger partial charge in [0.25, 0.3) is 0 Å². The summed E-state index contributed by atoms with van der Waals surface area (Å²) in [5, 5.41) is 9.55. The maximum absolute atomic E-state index is 11.8. The second kappa shape index (κ2) is 5.01. The monoisotopic (exact) mass is 222 g/mol. The molecule has 2 rings (SSSR count). The van der Waals surface area contributed by atoms with Crippen molar-refractivity contribution in [3.05, 3.63) is 18.0 Å². The van der Waals surface area contributed by atoms with Crippen LogP contribution >= 0.6 is 0 Å². The smallest absolute Gasteiger partial charge is 0.317 e. The summed E-state index contributed by atoms with van der Waals surface area (Å²) >= 11 is 0. The van der Waals surface area contributed by atoms with Gasteiger partial charge >= 0.3 is 6.03 Å². The Balaban J connectivity index is 1.79. The summed E-state index contributed by atoms with van der Waals surface area (Å²) in [6, 6.07) is 1.89. The number of piperidine rings is 1. The number of nitrogens with one attached hydrogen (secondary N) is 2. The summed E-state index contributed by atoms with van der Waals surface area (Å²) in [5.41, 5.74) is 0.929. The quantitative estimate of drug-likeness (QED) is 0.793. The Kier molecular flexibility index (Phi) is 3.44. The topological polar surface area (TPSA) is 61.0 Å². The average Bonchev–Trinajstić information content (AvgIpc) is 2.78. The lowest BCUT2D eigenvalue weighted by atomic mass is 10.0. The minimum absolute atomic E-state index is 0.0288. The summed E-state index contributed by atoms with van der Waals surface area (Å²) in [4.78, 5) is 13.7. The van der Waals surface area contributed by atoms with Crippen LogP contribution in [0.25, 0.3) is 0 Å². The molecule has 2 N–H and O–H groups in total. The summed E-state index contributed by atoms with van der Waals surface area (Å²) in [6.07, 6.45) is 4.02. The van der Waals surface area contributed by atoms with Crippen molar-refractivity contribution in [2.75, 3.05) is 13.1 Å². The van der Waals surface area contributed by atoms with E-state index in [1.165, 1.54) is 6.42 Å². The molecule has 88 valence electrons. The third-order valence-electron chi connectivity index (χ3n) is 2.93. The maximum atomic E-state index is 11.8. The molecule has 1 saturated heterocycles. The third-order valence-corrected chi connectivity index (χ3v) is 2.93. The lowest BCUT2D eigenvalue weighted by Gasteiger charge is -2.30. The van der Waals surface area contributed by atoms with E-state index < -0.39 is 0 Å². The fraction of sp³-hybridized carbons (Fsp3) is 0.636. The van der Waals surface area contributed by atoms with E-state index >= 15 is 0 Å². The van der Waals surface area contributed by atoms with Crippen LogP contribution in [-0.2, 0) is 6.54 Å². The summed E-state index contributed by atoms with van der Waals surface area (Å²) in [5.74, 6) is 0.617. The molecule has 16 heavy (non-hydrogen) atoms. The molecule has 1 fully saturated rings. The van der Waals surface area contributed by atoms with Crippen LogP contribution in [0.2, 0.25) is 0 Å². The van der Waals surface area contributed by atoms with Crippen LogP contribution < -0.4 is 5.32 Å². The Morgan fingerprint density at radius 1 is 1.75 bits per heavy atom. The number of likely N-dealkylation sites (tertiary alicyclic amines) is 1. The van der Waals surface area contributed by atoms with E-state index in [1.54, 1.807) is 6.20 Å². The Hall–Kier alpha value is -1.52. The van der Waals surface area contributed by atoms with Gasteiger partial charge in [0.2, 0.25) is 0 Å². The lowest BCUT2D eigenvalue weighted by Crippen LogP contribution is -2.44. The van der Waals surface area contributed by atoms with E-state index in [-0.39, 0.29) is 6.03 Å². The highest BCUT2D eigenvalue weighted by Gasteiger charge is 2.20. The first-order chi connectivity index (χ1) is 7.75. The molecular formula is C11H18N4O. The second-order valence-electron chi connectivity index (χ2n) is 4.43. The van der Waals surface area contributed by atoms with Crippen LogP contribution in [0.15, 0.2) is 12.3 Å². The predicted molar refractivity (Wildman–Crippen MR) is 60.8 cm³/mol. The van der Waals surface area contributed by atoms with Crippen molar-refractivity contribution < 1.29 is 4.79 Å². The van der Waals surface area contributed by atoms with Crippen molar-refractivity contribution in [1.82, 2.24) is 20.4 Å². The second-order valence-corrected chi connectivity index (χ2v) is 4.43. The highest BCUT2D eigenvalue weighted by Crippen LogP contribution is 2.15. The van der Waals surface area contributed by atoms with Crippen molar-refractivity contribution in [2.24, 2.45) is 5.92 Å². The first-order valence-electron chi connectivity index (χ1n) is 5.76. The van der Waals surface area contributed by atoms with Crippen LogP contribution in [0, 0.1) is 5.92 Å². The molecule has 0 aliphatic carbocycles. The molecule has 0 radical (unpaired) electrons. The molecule has 2 amide bonds. The number of nitrogens with zero attached hydrogens (tertiary/aromatic N) is 2. The van der Waals surface area contributed by atoms with Crippen LogP contribution in [-0.4, -0.2) is 34.2 Å². The molecule has 0 saturated carbocycles. The third kappa shape index (κ3) is 2.74. The minimum atomic E-state index is 0.0288. The van der Waals surface area contributed by atoms with Crippen LogP contribution in [0.3, 0.4) is 0 Å². The van der Waals surface area contributed by atoms with E-state index in [4.69, 9.17) is 0 Å². The van der Waals surface area contributed by atoms with Crippen molar-refractivity contribution >= 4 is 6.03 Å². The SMILES string of the molecule is CC1CCCN(C(=O)NCc2ccn[nH]2)C1. The fourth-order valence-electron chi connectivity index (χ4n) is 2.04. The van der Waals surface area contributed by atoms with E-state index in [2.05, 4.69) is 22.4 Å². The number of carbonyl (C=O) groups is 1. The molecule has 1 aliphatic heterocycles. The van der Waals surface area contributed by atoms with E-state index in [1.807, 2.05) is 11.0 Å². The van der Waals surface area contributed by atoms with Gasteiger partial charge in [0, 0.05) is 19.3 Å². The molecule has 1 atom stereocenters. The first kappa shape index (κ1) is 11.0. The molecule has 1 unspecified atom stereocenters. The van der Waals surface area contributed by atoms with Crippen LogP contribution in [0.1, 0.15) is 25.5 Å². The van der Waals surface area contributed by atoms with Gasteiger partial charge in [-0.1, -0.05) is 6.92 Å². The minimum Gasteiger partial charge on any atom is -0.332 e. The van der Waals surface area contributed by atoms with Crippen LogP contribution in [0.4, 0.5) is 4.79 Å². The Bertz CT molecular complexity index is 336. The molecule has 0 bridgehead atoms. The van der Waals surface area contributed by atoms with Gasteiger partial charge in [-0.05, 0) is 24.8 Å². The number of urea groups is 1. The molecule has 1 aliphatic rings. The van der Waals surface area contributed by atoms with E-state index in [9.17, 15) is 4.79 Å². The number of hydrogen-bond acceptors (Lipinski definition) is 2. The number of rotatable bonds is 2. The zero-order valence-corrected chi connectivity index (χ0v) is 9.57. The Morgan fingerprint density at radius 2 is 2.62 bits per heavy atom. The summed E-state index contributed by atoms with van der Waals surface area (Å²) < 4.78 is 0. The van der Waals surface area contributed by atoms with Gasteiger partial charge in [-0.15, -0.1) is 0 Å². The molecular weight excluding hydrogens is 204 g/mol. The summed E-state index contributed by atoms with van der Waals surface area (Å²) in [7, 11) is 0.